The quantitative estimate of drug-likeness (QED) is 0.568. The van der Waals surface area contributed by atoms with Gasteiger partial charge in [-0.25, -0.2) is 0 Å². The Hall–Kier alpha value is 0.688. The molecule has 0 nitrogen and oxygen atoms in total. The molecule has 0 aromatic heterocycles. The Morgan fingerprint density at radius 1 is 1.00 bits per heavy atom. The summed E-state index contributed by atoms with van der Waals surface area (Å²) in [6, 6.07) is 0. The van der Waals surface area contributed by atoms with Gasteiger partial charge in [0.25, 0.3) is 0 Å². The molecule has 0 aliphatic carbocycles. The SMILES string of the molecule is [CH2-]C.[CH3-].[CH3-].[W]. The second-order valence-corrected chi connectivity index (χ2v) is 0. The fraction of sp³-hybridized carbons (Fsp3) is 0.250. The van der Waals surface area contributed by atoms with Gasteiger partial charge in [0.2, 0.25) is 0 Å². The summed E-state index contributed by atoms with van der Waals surface area (Å²) in [5.74, 6) is 0. The minimum absolute atomic E-state index is 0. The van der Waals surface area contributed by atoms with Crippen molar-refractivity contribution in [2.45, 2.75) is 6.92 Å². The topological polar surface area (TPSA) is 0 Å². The van der Waals surface area contributed by atoms with Gasteiger partial charge >= 0.3 is 0 Å². The summed E-state index contributed by atoms with van der Waals surface area (Å²) in [7, 11) is 0. The zero-order valence-electron chi connectivity index (χ0n) is 4.12. The maximum Gasteiger partial charge on any atom is 0 e. The maximum atomic E-state index is 3.25. The van der Waals surface area contributed by atoms with Crippen LogP contribution in [0.3, 0.4) is 0 Å². The fourth-order valence-corrected chi connectivity index (χ4v) is 0. The van der Waals surface area contributed by atoms with Gasteiger partial charge in [-0.3, -0.25) is 0 Å². The Labute approximate surface area is 50.2 Å². The Morgan fingerprint density at radius 3 is 1.00 bits per heavy atom. The van der Waals surface area contributed by atoms with E-state index in [1.165, 1.54) is 0 Å². The normalized spacial score (nSPS) is 1.20. The maximum absolute atomic E-state index is 3.25. The van der Waals surface area contributed by atoms with Crippen molar-refractivity contribution in [2.75, 3.05) is 0 Å². The van der Waals surface area contributed by atoms with Crippen LogP contribution in [-0.2, 0) is 21.1 Å². The van der Waals surface area contributed by atoms with Crippen molar-refractivity contribution >= 4 is 0 Å². The van der Waals surface area contributed by atoms with Gasteiger partial charge in [0, 0.05) is 21.1 Å². The van der Waals surface area contributed by atoms with Crippen LogP contribution in [-0.4, -0.2) is 0 Å². The van der Waals surface area contributed by atoms with Crippen LogP contribution < -0.4 is 0 Å². The molecule has 0 aliphatic rings. The number of hydrogen-bond acceptors (Lipinski definition) is 0. The van der Waals surface area contributed by atoms with Gasteiger partial charge in [0.1, 0.15) is 0 Å². The van der Waals surface area contributed by atoms with Crippen molar-refractivity contribution in [2.24, 2.45) is 0 Å². The largest absolute Gasteiger partial charge is 0.358 e. The first-order valence-electron chi connectivity index (χ1n) is 0.707. The van der Waals surface area contributed by atoms with Gasteiger partial charge in [-0.1, -0.05) is 0 Å². The number of rotatable bonds is 0. The smallest absolute Gasteiger partial charge is 0 e. The molecule has 0 fully saturated rings. The second kappa shape index (κ2) is 135. The van der Waals surface area contributed by atoms with Gasteiger partial charge in [-0.2, -0.15) is 6.92 Å². The molecule has 0 saturated carbocycles. The van der Waals surface area contributed by atoms with Crippen molar-refractivity contribution < 1.29 is 21.1 Å². The van der Waals surface area contributed by atoms with E-state index in [0.717, 1.165) is 0 Å². The van der Waals surface area contributed by atoms with Crippen molar-refractivity contribution in [1.29, 1.82) is 0 Å². The predicted molar refractivity (Wildman–Crippen MR) is 23.9 cm³/mol. The Bertz CT molecular complexity index is 3.61. The van der Waals surface area contributed by atoms with Gasteiger partial charge in [-0.15, -0.1) is 0 Å². The van der Waals surface area contributed by atoms with Gasteiger partial charge in [0.15, 0.2) is 0 Å². The molecule has 0 atom stereocenters. The standard InChI is InChI=1S/C2H5.2CH3.W/c1-2;;;/h1H2,2H3;2*1H3;/q3*-1;. The van der Waals surface area contributed by atoms with E-state index in [-0.39, 0.29) is 35.9 Å². The number of hydrogen-bond donors (Lipinski definition) is 0. The predicted octanol–water partition coefficient (Wildman–Crippen LogP) is 1.74. The van der Waals surface area contributed by atoms with Crippen LogP contribution in [0.5, 0.6) is 0 Å². The van der Waals surface area contributed by atoms with Crippen LogP contribution >= 0.6 is 0 Å². The Balaban J connectivity index is -0.00000000167. The molecule has 0 aromatic rings. The van der Waals surface area contributed by atoms with E-state index in [9.17, 15) is 0 Å². The van der Waals surface area contributed by atoms with Crippen LogP contribution in [0.4, 0.5) is 0 Å². The third-order valence-corrected chi connectivity index (χ3v) is 0. The van der Waals surface area contributed by atoms with E-state index in [0.29, 0.717) is 0 Å². The first-order valence-corrected chi connectivity index (χ1v) is 0.707. The third kappa shape index (κ3) is 71.5. The van der Waals surface area contributed by atoms with Gasteiger partial charge in [-0.05, 0) is 0 Å². The monoisotopic (exact) mass is 243 g/mol. The summed E-state index contributed by atoms with van der Waals surface area (Å²) < 4.78 is 0. The van der Waals surface area contributed by atoms with Crippen LogP contribution in [0.2, 0.25) is 0 Å². The Morgan fingerprint density at radius 2 is 1.00 bits per heavy atom. The molecule has 0 bridgehead atoms. The summed E-state index contributed by atoms with van der Waals surface area (Å²) in [6.45, 7) is 5.00. The van der Waals surface area contributed by atoms with E-state index < -0.39 is 0 Å². The van der Waals surface area contributed by atoms with Crippen molar-refractivity contribution in [3.63, 3.8) is 0 Å². The minimum Gasteiger partial charge on any atom is -0.358 e. The second-order valence-electron chi connectivity index (χ2n) is 0. The average Bonchev–Trinajstić information content (AvgIpc) is 1.00. The van der Waals surface area contributed by atoms with E-state index in [2.05, 4.69) is 6.92 Å². The summed E-state index contributed by atoms with van der Waals surface area (Å²) in [4.78, 5) is 0. The Kier molecular flexibility index (Phi) is 1180. The average molecular weight is 243 g/mol. The van der Waals surface area contributed by atoms with Crippen molar-refractivity contribution in [3.05, 3.63) is 21.8 Å². The molecule has 0 spiro atoms. The van der Waals surface area contributed by atoms with Crippen molar-refractivity contribution in [1.82, 2.24) is 0 Å². The molecule has 5 heavy (non-hydrogen) atoms. The van der Waals surface area contributed by atoms with Gasteiger partial charge in [0.05, 0.1) is 0 Å². The first kappa shape index (κ1) is 43.9. The van der Waals surface area contributed by atoms with Crippen LogP contribution in [0.1, 0.15) is 6.92 Å². The summed E-state index contributed by atoms with van der Waals surface area (Å²) in [6.07, 6.45) is 0. The minimum atomic E-state index is 0. The summed E-state index contributed by atoms with van der Waals surface area (Å²) >= 11 is 0. The zero-order valence-corrected chi connectivity index (χ0v) is 7.05. The van der Waals surface area contributed by atoms with Crippen molar-refractivity contribution in [3.8, 4) is 0 Å². The molecular formula is C4H11W-3. The molecule has 0 saturated heterocycles. The summed E-state index contributed by atoms with van der Waals surface area (Å²) in [5, 5.41) is 0. The van der Waals surface area contributed by atoms with Crippen LogP contribution in [0.25, 0.3) is 0 Å². The molecule has 0 amide bonds. The van der Waals surface area contributed by atoms with E-state index in [1.54, 1.807) is 6.92 Å². The third-order valence-electron chi connectivity index (χ3n) is 0. The first-order chi connectivity index (χ1) is 1.00. The molecule has 1 heteroatoms. The zero-order chi connectivity index (χ0) is 2.00. The molecule has 0 unspecified atom stereocenters. The molecular weight excluding hydrogens is 232 g/mol. The van der Waals surface area contributed by atoms with Crippen LogP contribution in [0, 0.1) is 21.8 Å². The molecule has 0 N–H and O–H groups in total. The molecule has 0 radical (unpaired) electrons. The summed E-state index contributed by atoms with van der Waals surface area (Å²) in [5.41, 5.74) is 0. The van der Waals surface area contributed by atoms with E-state index in [4.69, 9.17) is 0 Å². The molecule has 0 aromatic carbocycles. The van der Waals surface area contributed by atoms with Gasteiger partial charge < -0.3 is 21.8 Å². The van der Waals surface area contributed by atoms with E-state index in [1.807, 2.05) is 0 Å². The molecule has 0 aliphatic heterocycles. The fourth-order valence-electron chi connectivity index (χ4n) is 0. The van der Waals surface area contributed by atoms with E-state index >= 15 is 0 Å². The molecule has 0 rings (SSSR count). The molecule has 36 valence electrons. The molecule has 0 heterocycles. The van der Waals surface area contributed by atoms with Crippen LogP contribution in [0.15, 0.2) is 0 Å².